The summed E-state index contributed by atoms with van der Waals surface area (Å²) in [6.07, 6.45) is 1.07. The molecule has 0 spiro atoms. The molecular weight excluding hydrogens is 406 g/mol. The molecule has 4 atom stereocenters. The number of carboxylic acids is 1. The molecule has 0 fully saturated rings. The minimum absolute atomic E-state index is 0.100. The summed E-state index contributed by atoms with van der Waals surface area (Å²) in [7, 11) is 0. The van der Waals surface area contributed by atoms with Crippen LogP contribution in [-0.4, -0.2) is 66.0 Å². The number of rotatable bonds is 14. The van der Waals surface area contributed by atoms with Crippen molar-refractivity contribution in [3.8, 4) is 0 Å². The highest BCUT2D eigenvalue weighted by molar-refractivity contribution is 5.92. The Bertz CT molecular complexity index is 650. The molecule has 0 aromatic rings. The van der Waals surface area contributed by atoms with E-state index in [1.165, 1.54) is 0 Å². The van der Waals surface area contributed by atoms with Crippen LogP contribution in [0, 0.1) is 11.8 Å². The van der Waals surface area contributed by atoms with E-state index in [1.54, 1.807) is 20.8 Å². The van der Waals surface area contributed by atoms with E-state index < -0.39 is 41.8 Å². The summed E-state index contributed by atoms with van der Waals surface area (Å²) in [5, 5.41) is 16.8. The first-order valence-electron chi connectivity index (χ1n) is 10.3. The quantitative estimate of drug-likeness (QED) is 0.0924. The average Bonchev–Trinajstić information content (AvgIpc) is 2.70. The van der Waals surface area contributed by atoms with Crippen LogP contribution in [0.5, 0.6) is 0 Å². The number of nitrogens with two attached hydrogens (primary N) is 3. The van der Waals surface area contributed by atoms with Gasteiger partial charge in [0.05, 0.1) is 12.6 Å². The molecule has 31 heavy (non-hydrogen) atoms. The third-order valence-corrected chi connectivity index (χ3v) is 4.82. The third kappa shape index (κ3) is 11.2. The van der Waals surface area contributed by atoms with Crippen LogP contribution in [0.3, 0.4) is 0 Å². The lowest BCUT2D eigenvalue weighted by molar-refractivity contribution is -0.143. The SMILES string of the molecule is CCC(C)C(NC(=O)C(CCCN=C(N)N)NC(=O)CNC(=O)C(N)C(C)C)C(=O)O. The van der Waals surface area contributed by atoms with E-state index in [-0.39, 0.29) is 37.3 Å². The van der Waals surface area contributed by atoms with Gasteiger partial charge in [-0.25, -0.2) is 4.79 Å². The minimum Gasteiger partial charge on any atom is -0.480 e. The Hall–Kier alpha value is -2.89. The third-order valence-electron chi connectivity index (χ3n) is 4.82. The highest BCUT2D eigenvalue weighted by atomic mass is 16.4. The summed E-state index contributed by atoms with van der Waals surface area (Å²) >= 11 is 0. The number of carbonyl (C=O) groups is 4. The number of amides is 3. The van der Waals surface area contributed by atoms with E-state index >= 15 is 0 Å². The molecule has 0 bridgehead atoms. The molecule has 4 unspecified atom stereocenters. The lowest BCUT2D eigenvalue weighted by Crippen LogP contribution is -2.55. The molecule has 12 heteroatoms. The van der Waals surface area contributed by atoms with Crippen molar-refractivity contribution in [2.45, 2.75) is 65.1 Å². The Morgan fingerprint density at radius 1 is 1.03 bits per heavy atom. The van der Waals surface area contributed by atoms with Crippen molar-refractivity contribution in [2.24, 2.45) is 34.0 Å². The fourth-order valence-electron chi connectivity index (χ4n) is 2.54. The molecule has 0 aliphatic heterocycles. The zero-order chi connectivity index (χ0) is 24.1. The summed E-state index contributed by atoms with van der Waals surface area (Å²) in [5.74, 6) is -3.42. The number of carbonyl (C=O) groups excluding carboxylic acids is 3. The topological polar surface area (TPSA) is 215 Å². The van der Waals surface area contributed by atoms with Crippen LogP contribution in [0.1, 0.15) is 47.0 Å². The van der Waals surface area contributed by atoms with E-state index in [0.29, 0.717) is 12.8 Å². The molecule has 3 amide bonds. The summed E-state index contributed by atoms with van der Waals surface area (Å²) in [6, 6.07) is -2.89. The second-order valence-corrected chi connectivity index (χ2v) is 7.77. The van der Waals surface area contributed by atoms with Gasteiger partial charge in [-0.05, 0) is 24.7 Å². The van der Waals surface area contributed by atoms with E-state index in [4.69, 9.17) is 17.2 Å². The molecule has 0 saturated carbocycles. The number of aliphatic imine (C=N–C) groups is 1. The van der Waals surface area contributed by atoms with Crippen LogP contribution in [0.15, 0.2) is 4.99 Å². The number of guanidine groups is 1. The predicted octanol–water partition coefficient (Wildman–Crippen LogP) is -1.76. The van der Waals surface area contributed by atoms with Gasteiger partial charge in [0.25, 0.3) is 0 Å². The Balaban J connectivity index is 5.12. The molecule has 10 N–H and O–H groups in total. The largest absolute Gasteiger partial charge is 0.480 e. The highest BCUT2D eigenvalue weighted by Gasteiger charge is 2.29. The van der Waals surface area contributed by atoms with E-state index in [9.17, 15) is 24.3 Å². The summed E-state index contributed by atoms with van der Waals surface area (Å²) in [4.78, 5) is 52.2. The maximum atomic E-state index is 12.7. The molecule has 0 aromatic heterocycles. The zero-order valence-electron chi connectivity index (χ0n) is 18.7. The highest BCUT2D eigenvalue weighted by Crippen LogP contribution is 2.09. The maximum Gasteiger partial charge on any atom is 0.326 e. The van der Waals surface area contributed by atoms with Gasteiger partial charge in [-0.3, -0.25) is 19.4 Å². The van der Waals surface area contributed by atoms with Crippen LogP contribution in [0.2, 0.25) is 0 Å². The van der Waals surface area contributed by atoms with Gasteiger partial charge < -0.3 is 38.3 Å². The van der Waals surface area contributed by atoms with Gasteiger partial charge in [-0.1, -0.05) is 34.1 Å². The first-order chi connectivity index (χ1) is 14.4. The van der Waals surface area contributed by atoms with Crippen molar-refractivity contribution in [2.75, 3.05) is 13.1 Å². The van der Waals surface area contributed by atoms with Gasteiger partial charge in [0.1, 0.15) is 12.1 Å². The van der Waals surface area contributed by atoms with E-state index in [0.717, 1.165) is 0 Å². The van der Waals surface area contributed by atoms with Crippen LogP contribution in [0.25, 0.3) is 0 Å². The minimum atomic E-state index is -1.16. The predicted molar refractivity (Wildman–Crippen MR) is 117 cm³/mol. The van der Waals surface area contributed by atoms with Crippen molar-refractivity contribution >= 4 is 29.7 Å². The molecule has 0 radical (unpaired) electrons. The lowest BCUT2D eigenvalue weighted by atomic mass is 9.98. The Morgan fingerprint density at radius 2 is 1.65 bits per heavy atom. The standard InChI is InChI=1S/C19H37N7O5/c1-5-11(4)15(18(30)31)26-16(28)12(7-6-8-23-19(21)22)25-13(27)9-24-17(29)14(20)10(2)3/h10-12,14-15H,5-9,20H2,1-4H3,(H,24,29)(H,25,27)(H,26,28)(H,30,31)(H4,21,22,23). The number of nitrogens with one attached hydrogen (secondary N) is 3. The van der Waals surface area contributed by atoms with Crippen LogP contribution >= 0.6 is 0 Å². The van der Waals surface area contributed by atoms with Crippen molar-refractivity contribution in [1.29, 1.82) is 0 Å². The second-order valence-electron chi connectivity index (χ2n) is 7.77. The van der Waals surface area contributed by atoms with Gasteiger partial charge in [-0.2, -0.15) is 0 Å². The monoisotopic (exact) mass is 443 g/mol. The number of carboxylic acid groups (broad SMARTS) is 1. The van der Waals surface area contributed by atoms with Crippen molar-refractivity contribution < 1.29 is 24.3 Å². The molecule has 12 nitrogen and oxygen atoms in total. The Labute approximate surface area is 182 Å². The van der Waals surface area contributed by atoms with E-state index in [2.05, 4.69) is 20.9 Å². The molecule has 178 valence electrons. The lowest BCUT2D eigenvalue weighted by Gasteiger charge is -2.24. The fraction of sp³-hybridized carbons (Fsp3) is 0.737. The van der Waals surface area contributed by atoms with Crippen molar-refractivity contribution in [3.63, 3.8) is 0 Å². The van der Waals surface area contributed by atoms with Gasteiger partial charge >= 0.3 is 5.97 Å². The smallest absolute Gasteiger partial charge is 0.326 e. The normalized spacial score (nSPS) is 14.6. The summed E-state index contributed by atoms with van der Waals surface area (Å²) in [6.45, 7) is 6.93. The molecule has 0 aromatic carbocycles. The van der Waals surface area contributed by atoms with Gasteiger partial charge in [0.2, 0.25) is 17.7 Å². The van der Waals surface area contributed by atoms with Crippen LogP contribution < -0.4 is 33.2 Å². The van der Waals surface area contributed by atoms with Crippen LogP contribution in [0.4, 0.5) is 0 Å². The summed E-state index contributed by atoms with van der Waals surface area (Å²) in [5.41, 5.74) is 16.3. The Kier molecular flexibility index (Phi) is 12.9. The zero-order valence-corrected chi connectivity index (χ0v) is 18.7. The van der Waals surface area contributed by atoms with Gasteiger partial charge in [0, 0.05) is 6.54 Å². The van der Waals surface area contributed by atoms with Crippen LogP contribution in [-0.2, 0) is 19.2 Å². The molecule has 0 aliphatic rings. The summed E-state index contributed by atoms with van der Waals surface area (Å²) < 4.78 is 0. The maximum absolute atomic E-state index is 12.7. The molecule has 0 aliphatic carbocycles. The number of nitrogens with zero attached hydrogens (tertiary/aromatic N) is 1. The van der Waals surface area contributed by atoms with E-state index in [1.807, 2.05) is 6.92 Å². The number of aliphatic carboxylic acids is 1. The van der Waals surface area contributed by atoms with Crippen molar-refractivity contribution in [1.82, 2.24) is 16.0 Å². The molecule has 0 saturated heterocycles. The Morgan fingerprint density at radius 3 is 2.13 bits per heavy atom. The first kappa shape index (κ1) is 28.1. The molecule has 0 heterocycles. The number of hydrogen-bond acceptors (Lipinski definition) is 6. The molecule has 0 rings (SSSR count). The van der Waals surface area contributed by atoms with Gasteiger partial charge in [-0.15, -0.1) is 0 Å². The average molecular weight is 444 g/mol. The number of hydrogen-bond donors (Lipinski definition) is 7. The van der Waals surface area contributed by atoms with Crippen molar-refractivity contribution in [3.05, 3.63) is 0 Å². The second kappa shape index (κ2) is 14.2. The fourth-order valence-corrected chi connectivity index (χ4v) is 2.54. The van der Waals surface area contributed by atoms with Gasteiger partial charge in [0.15, 0.2) is 5.96 Å². The first-order valence-corrected chi connectivity index (χ1v) is 10.3. The molecular formula is C19H37N7O5.